The molecule has 2 rings (SSSR count). The molecule has 2 nitrogen and oxygen atoms in total. The zero-order chi connectivity index (χ0) is 10.5. The van der Waals surface area contributed by atoms with Gasteiger partial charge in [-0.1, -0.05) is 30.3 Å². The minimum atomic E-state index is 0.872. The van der Waals surface area contributed by atoms with Crippen LogP contribution in [0.1, 0.15) is 18.4 Å². The summed E-state index contributed by atoms with van der Waals surface area (Å²) in [7, 11) is 2.01. The third-order valence-electron chi connectivity index (χ3n) is 3.30. The van der Waals surface area contributed by atoms with Crippen molar-refractivity contribution in [2.24, 2.45) is 5.92 Å². The summed E-state index contributed by atoms with van der Waals surface area (Å²) in [5.41, 5.74) is 4.71. The molecule has 0 unspecified atom stereocenters. The van der Waals surface area contributed by atoms with Crippen LogP contribution in [0.3, 0.4) is 0 Å². The lowest BCUT2D eigenvalue weighted by Gasteiger charge is -2.31. The van der Waals surface area contributed by atoms with Gasteiger partial charge in [-0.15, -0.1) is 0 Å². The fourth-order valence-electron chi connectivity index (χ4n) is 2.31. The zero-order valence-electron chi connectivity index (χ0n) is 9.45. The van der Waals surface area contributed by atoms with E-state index in [-0.39, 0.29) is 0 Å². The molecular formula is C13H20N2. The standard InChI is InChI=1S/C13H20N2/c1-14-15-9-7-13(8-10-15)11-12-5-3-2-4-6-12/h2-6,13-14H,7-11H2,1H3. The van der Waals surface area contributed by atoms with E-state index in [1.807, 2.05) is 7.05 Å². The molecule has 0 aromatic heterocycles. The molecule has 1 aromatic rings. The quantitative estimate of drug-likeness (QED) is 0.811. The van der Waals surface area contributed by atoms with Crippen molar-refractivity contribution < 1.29 is 0 Å². The molecule has 0 radical (unpaired) electrons. The van der Waals surface area contributed by atoms with Crippen molar-refractivity contribution in [3.8, 4) is 0 Å². The molecule has 1 aliphatic rings. The molecule has 2 heteroatoms. The molecule has 1 fully saturated rings. The van der Waals surface area contributed by atoms with E-state index in [9.17, 15) is 0 Å². The highest BCUT2D eigenvalue weighted by Gasteiger charge is 2.17. The van der Waals surface area contributed by atoms with Gasteiger partial charge in [-0.05, 0) is 37.8 Å². The zero-order valence-corrected chi connectivity index (χ0v) is 9.45. The first-order valence-electron chi connectivity index (χ1n) is 5.85. The van der Waals surface area contributed by atoms with Crippen LogP contribution in [-0.4, -0.2) is 25.1 Å². The van der Waals surface area contributed by atoms with E-state index in [1.165, 1.54) is 37.9 Å². The highest BCUT2D eigenvalue weighted by Crippen LogP contribution is 2.20. The molecule has 82 valence electrons. The van der Waals surface area contributed by atoms with Crippen molar-refractivity contribution >= 4 is 0 Å². The Hall–Kier alpha value is -0.860. The summed E-state index contributed by atoms with van der Waals surface area (Å²) in [6, 6.07) is 10.8. The van der Waals surface area contributed by atoms with Gasteiger partial charge in [0, 0.05) is 13.1 Å². The Morgan fingerprint density at radius 3 is 2.47 bits per heavy atom. The third-order valence-corrected chi connectivity index (χ3v) is 3.30. The number of rotatable bonds is 3. The summed E-state index contributed by atoms with van der Waals surface area (Å²) in [4.78, 5) is 0. The molecule has 0 saturated carbocycles. The van der Waals surface area contributed by atoms with E-state index in [4.69, 9.17) is 0 Å². The summed E-state index contributed by atoms with van der Waals surface area (Å²) in [6.07, 6.45) is 3.88. The van der Waals surface area contributed by atoms with Crippen LogP contribution in [0.5, 0.6) is 0 Å². The Bertz CT molecular complexity index is 276. The second kappa shape index (κ2) is 5.29. The lowest BCUT2D eigenvalue weighted by molar-refractivity contribution is 0.137. The largest absolute Gasteiger partial charge is 0.258 e. The predicted octanol–water partition coefficient (Wildman–Crippen LogP) is 2.08. The molecule has 0 amide bonds. The van der Waals surface area contributed by atoms with E-state index in [2.05, 4.69) is 40.8 Å². The second-order valence-electron chi connectivity index (χ2n) is 4.34. The van der Waals surface area contributed by atoms with Gasteiger partial charge in [0.15, 0.2) is 0 Å². The Morgan fingerprint density at radius 1 is 1.20 bits per heavy atom. The maximum atomic E-state index is 3.22. The number of nitrogens with zero attached hydrogens (tertiary/aromatic N) is 1. The SMILES string of the molecule is CNN1CCC(Cc2ccccc2)CC1. The summed E-state index contributed by atoms with van der Waals surface area (Å²) >= 11 is 0. The lowest BCUT2D eigenvalue weighted by atomic mass is 9.91. The van der Waals surface area contributed by atoms with Crippen LogP contribution in [0.2, 0.25) is 0 Å². The molecule has 0 bridgehead atoms. The molecule has 1 aromatic carbocycles. The fraction of sp³-hybridized carbons (Fsp3) is 0.538. The molecule has 0 spiro atoms. The number of benzene rings is 1. The molecule has 1 heterocycles. The lowest BCUT2D eigenvalue weighted by Crippen LogP contribution is -2.41. The van der Waals surface area contributed by atoms with Gasteiger partial charge < -0.3 is 0 Å². The number of piperidine rings is 1. The molecular weight excluding hydrogens is 184 g/mol. The highest BCUT2D eigenvalue weighted by molar-refractivity contribution is 5.15. The van der Waals surface area contributed by atoms with Gasteiger partial charge in [-0.25, -0.2) is 5.01 Å². The maximum absolute atomic E-state index is 3.22. The number of hydrogen-bond acceptors (Lipinski definition) is 2. The van der Waals surface area contributed by atoms with Crippen LogP contribution in [0.4, 0.5) is 0 Å². The second-order valence-corrected chi connectivity index (χ2v) is 4.34. The Kier molecular flexibility index (Phi) is 3.75. The topological polar surface area (TPSA) is 15.3 Å². The Balaban J connectivity index is 1.82. The van der Waals surface area contributed by atoms with Crippen LogP contribution < -0.4 is 5.43 Å². The van der Waals surface area contributed by atoms with Crippen LogP contribution in [0.25, 0.3) is 0 Å². The number of hydrazine groups is 1. The van der Waals surface area contributed by atoms with E-state index in [0.717, 1.165) is 5.92 Å². The van der Waals surface area contributed by atoms with Crippen molar-refractivity contribution in [3.63, 3.8) is 0 Å². The molecule has 1 N–H and O–H groups in total. The van der Waals surface area contributed by atoms with Gasteiger partial charge in [0.05, 0.1) is 0 Å². The van der Waals surface area contributed by atoms with Crippen LogP contribution >= 0.6 is 0 Å². The summed E-state index contributed by atoms with van der Waals surface area (Å²) < 4.78 is 0. The summed E-state index contributed by atoms with van der Waals surface area (Å²) in [5, 5.41) is 2.31. The first-order chi connectivity index (χ1) is 7.38. The van der Waals surface area contributed by atoms with Crippen molar-refractivity contribution in [1.82, 2.24) is 10.4 Å². The predicted molar refractivity (Wildman–Crippen MR) is 63.5 cm³/mol. The van der Waals surface area contributed by atoms with E-state index in [0.29, 0.717) is 0 Å². The van der Waals surface area contributed by atoms with Gasteiger partial charge in [0.2, 0.25) is 0 Å². The summed E-state index contributed by atoms with van der Waals surface area (Å²) in [6.45, 7) is 2.38. The molecule has 15 heavy (non-hydrogen) atoms. The smallest absolute Gasteiger partial charge is 0.0133 e. The van der Waals surface area contributed by atoms with Crippen molar-refractivity contribution in [2.45, 2.75) is 19.3 Å². The van der Waals surface area contributed by atoms with Crippen LogP contribution in [0, 0.1) is 5.92 Å². The van der Waals surface area contributed by atoms with Gasteiger partial charge in [0.25, 0.3) is 0 Å². The Labute approximate surface area is 92.3 Å². The van der Waals surface area contributed by atoms with Crippen molar-refractivity contribution in [3.05, 3.63) is 35.9 Å². The summed E-state index contributed by atoms with van der Waals surface area (Å²) in [5.74, 6) is 0.872. The van der Waals surface area contributed by atoms with E-state index < -0.39 is 0 Å². The van der Waals surface area contributed by atoms with Crippen molar-refractivity contribution in [1.29, 1.82) is 0 Å². The molecule has 0 atom stereocenters. The minimum Gasteiger partial charge on any atom is -0.258 e. The number of hydrogen-bond donors (Lipinski definition) is 1. The van der Waals surface area contributed by atoms with E-state index in [1.54, 1.807) is 0 Å². The van der Waals surface area contributed by atoms with Gasteiger partial charge >= 0.3 is 0 Å². The van der Waals surface area contributed by atoms with Gasteiger partial charge in [-0.3, -0.25) is 5.43 Å². The average molecular weight is 204 g/mol. The van der Waals surface area contributed by atoms with Crippen molar-refractivity contribution in [2.75, 3.05) is 20.1 Å². The first kappa shape index (κ1) is 10.7. The maximum Gasteiger partial charge on any atom is 0.0133 e. The molecule has 0 aliphatic carbocycles. The third kappa shape index (κ3) is 3.05. The molecule has 1 saturated heterocycles. The van der Waals surface area contributed by atoms with E-state index >= 15 is 0 Å². The average Bonchev–Trinajstić information content (AvgIpc) is 2.31. The monoisotopic (exact) mass is 204 g/mol. The highest BCUT2D eigenvalue weighted by atomic mass is 15.5. The molecule has 1 aliphatic heterocycles. The fourth-order valence-corrected chi connectivity index (χ4v) is 2.31. The first-order valence-corrected chi connectivity index (χ1v) is 5.85. The normalized spacial score (nSPS) is 19.3. The minimum absolute atomic E-state index is 0.872. The van der Waals surface area contributed by atoms with Gasteiger partial charge in [-0.2, -0.15) is 0 Å². The van der Waals surface area contributed by atoms with Gasteiger partial charge in [0.1, 0.15) is 0 Å². The number of nitrogens with one attached hydrogen (secondary N) is 1. The Morgan fingerprint density at radius 2 is 1.87 bits per heavy atom. The van der Waals surface area contributed by atoms with Crippen LogP contribution in [-0.2, 0) is 6.42 Å². The van der Waals surface area contributed by atoms with Crippen LogP contribution in [0.15, 0.2) is 30.3 Å².